The van der Waals surface area contributed by atoms with Crippen molar-refractivity contribution in [2.24, 2.45) is 10.7 Å². The number of halogens is 1. The zero-order valence-electron chi connectivity index (χ0n) is 11.4. The number of aryl methyl sites for hydroxylation is 1. The van der Waals surface area contributed by atoms with Crippen LogP contribution < -0.4 is 5.73 Å². The van der Waals surface area contributed by atoms with Gasteiger partial charge < -0.3 is 5.73 Å². The quantitative estimate of drug-likeness (QED) is 0.646. The molecule has 2 nitrogen and oxygen atoms in total. The van der Waals surface area contributed by atoms with Crippen molar-refractivity contribution in [1.29, 1.82) is 0 Å². The molecular weight excluding hydrogens is 268 g/mol. The molecule has 2 rings (SSSR count). The molecule has 0 fully saturated rings. The summed E-state index contributed by atoms with van der Waals surface area (Å²) in [6.07, 6.45) is 4.80. The van der Waals surface area contributed by atoms with E-state index in [0.29, 0.717) is 10.9 Å². The Hall–Kier alpha value is -2.06. The van der Waals surface area contributed by atoms with Gasteiger partial charge in [0.15, 0.2) is 0 Å². The van der Waals surface area contributed by atoms with Gasteiger partial charge in [-0.05, 0) is 47.9 Å². The van der Waals surface area contributed by atoms with Gasteiger partial charge in [-0.15, -0.1) is 0 Å². The fourth-order valence-corrected chi connectivity index (χ4v) is 1.87. The molecule has 0 bridgehead atoms. The molecule has 2 N–H and O–H groups in total. The van der Waals surface area contributed by atoms with Crippen molar-refractivity contribution in [3.63, 3.8) is 0 Å². The van der Waals surface area contributed by atoms with Crippen LogP contribution in [-0.4, -0.2) is 5.84 Å². The van der Waals surface area contributed by atoms with E-state index in [2.05, 4.69) is 36.2 Å². The lowest BCUT2D eigenvalue weighted by Crippen LogP contribution is -2.06. The van der Waals surface area contributed by atoms with E-state index in [1.54, 1.807) is 18.2 Å². The predicted octanol–water partition coefficient (Wildman–Crippen LogP) is 4.60. The summed E-state index contributed by atoms with van der Waals surface area (Å²) in [5.41, 5.74) is 9.10. The van der Waals surface area contributed by atoms with Crippen LogP contribution in [0, 0.1) is 0 Å². The molecule has 2 aromatic carbocycles. The molecule has 0 unspecified atom stereocenters. The number of nitrogens with two attached hydrogens (primary N) is 1. The highest BCUT2D eigenvalue weighted by atomic mass is 35.5. The van der Waals surface area contributed by atoms with Crippen LogP contribution in [0.15, 0.2) is 59.6 Å². The van der Waals surface area contributed by atoms with Gasteiger partial charge in [0.05, 0.1) is 5.69 Å². The number of rotatable bonds is 4. The molecule has 0 aliphatic heterocycles. The summed E-state index contributed by atoms with van der Waals surface area (Å²) < 4.78 is 0. The third-order valence-corrected chi connectivity index (χ3v) is 3.17. The molecule has 0 saturated carbocycles. The third-order valence-electron chi connectivity index (χ3n) is 2.92. The van der Waals surface area contributed by atoms with Gasteiger partial charge >= 0.3 is 0 Å². The maximum absolute atomic E-state index is 5.88. The minimum Gasteiger partial charge on any atom is -0.384 e. The van der Waals surface area contributed by atoms with Crippen molar-refractivity contribution in [2.75, 3.05) is 0 Å². The van der Waals surface area contributed by atoms with E-state index in [1.807, 2.05) is 18.2 Å². The summed E-state index contributed by atoms with van der Waals surface area (Å²) >= 11 is 5.82. The minimum absolute atomic E-state index is 0.465. The first-order valence-electron chi connectivity index (χ1n) is 6.54. The molecule has 0 amide bonds. The monoisotopic (exact) mass is 284 g/mol. The first-order valence-corrected chi connectivity index (χ1v) is 6.92. The lowest BCUT2D eigenvalue weighted by atomic mass is 10.1. The summed E-state index contributed by atoms with van der Waals surface area (Å²) in [7, 11) is 0. The fourth-order valence-electron chi connectivity index (χ4n) is 1.75. The van der Waals surface area contributed by atoms with Gasteiger partial charge in [-0.1, -0.05) is 48.9 Å². The molecule has 0 aliphatic carbocycles. The van der Waals surface area contributed by atoms with Crippen molar-refractivity contribution in [3.8, 4) is 0 Å². The largest absolute Gasteiger partial charge is 0.384 e. The van der Waals surface area contributed by atoms with Gasteiger partial charge in [-0.25, -0.2) is 4.99 Å². The topological polar surface area (TPSA) is 38.4 Å². The van der Waals surface area contributed by atoms with Crippen LogP contribution in [0.25, 0.3) is 6.08 Å². The second kappa shape index (κ2) is 6.92. The Labute approximate surface area is 124 Å². The van der Waals surface area contributed by atoms with Gasteiger partial charge in [0.2, 0.25) is 0 Å². The van der Waals surface area contributed by atoms with E-state index in [0.717, 1.165) is 17.7 Å². The Morgan fingerprint density at radius 1 is 1.10 bits per heavy atom. The average molecular weight is 285 g/mol. The second-order valence-electron chi connectivity index (χ2n) is 4.44. The molecule has 0 aliphatic rings. The molecule has 0 saturated heterocycles. The van der Waals surface area contributed by atoms with Crippen LogP contribution in [0.5, 0.6) is 0 Å². The van der Waals surface area contributed by atoms with Crippen molar-refractivity contribution in [1.82, 2.24) is 0 Å². The van der Waals surface area contributed by atoms with Crippen LogP contribution in [-0.2, 0) is 6.42 Å². The Kier molecular flexibility index (Phi) is 4.97. The zero-order valence-corrected chi connectivity index (χ0v) is 12.1. The van der Waals surface area contributed by atoms with Crippen molar-refractivity contribution in [2.45, 2.75) is 13.3 Å². The van der Waals surface area contributed by atoms with Crippen LogP contribution in [0.2, 0.25) is 5.02 Å². The average Bonchev–Trinajstić information content (AvgIpc) is 2.48. The van der Waals surface area contributed by atoms with E-state index in [-0.39, 0.29) is 0 Å². The number of aliphatic imine (C=N–C) groups is 1. The number of amidine groups is 1. The maximum Gasteiger partial charge on any atom is 0.124 e. The van der Waals surface area contributed by atoms with Crippen LogP contribution in [0.3, 0.4) is 0 Å². The van der Waals surface area contributed by atoms with Crippen LogP contribution in [0.4, 0.5) is 5.69 Å². The molecule has 20 heavy (non-hydrogen) atoms. The molecule has 0 radical (unpaired) electrons. The maximum atomic E-state index is 5.88. The number of hydrogen-bond donors (Lipinski definition) is 1. The SMILES string of the molecule is CCc1ccc(/C=C/C(N)=Nc2ccc(Cl)cc2)cc1. The summed E-state index contributed by atoms with van der Waals surface area (Å²) in [6.45, 7) is 2.14. The molecular formula is C17H17ClN2. The Bertz CT molecular complexity index is 610. The predicted molar refractivity (Wildman–Crippen MR) is 87.6 cm³/mol. The molecule has 0 atom stereocenters. The number of hydrogen-bond acceptors (Lipinski definition) is 1. The smallest absolute Gasteiger partial charge is 0.124 e. The fraction of sp³-hybridized carbons (Fsp3) is 0.118. The van der Waals surface area contributed by atoms with Gasteiger partial charge in [0.1, 0.15) is 5.84 Å². The minimum atomic E-state index is 0.465. The van der Waals surface area contributed by atoms with E-state index in [9.17, 15) is 0 Å². The molecule has 0 heterocycles. The normalized spacial score (nSPS) is 12.0. The highest BCUT2D eigenvalue weighted by molar-refractivity contribution is 6.30. The summed E-state index contributed by atoms with van der Waals surface area (Å²) in [5.74, 6) is 0.465. The second-order valence-corrected chi connectivity index (χ2v) is 4.88. The lowest BCUT2D eigenvalue weighted by molar-refractivity contribution is 1.14. The third kappa shape index (κ3) is 4.25. The van der Waals surface area contributed by atoms with Gasteiger partial charge in [0, 0.05) is 5.02 Å². The van der Waals surface area contributed by atoms with Crippen molar-refractivity contribution in [3.05, 3.63) is 70.8 Å². The highest BCUT2D eigenvalue weighted by Gasteiger charge is 1.92. The van der Waals surface area contributed by atoms with Gasteiger partial charge in [0.25, 0.3) is 0 Å². The first kappa shape index (κ1) is 14.4. The Morgan fingerprint density at radius 3 is 2.35 bits per heavy atom. The molecule has 0 aromatic heterocycles. The van der Waals surface area contributed by atoms with E-state index in [4.69, 9.17) is 17.3 Å². The molecule has 0 spiro atoms. The standard InChI is InChI=1S/C17H17ClN2/c1-2-13-3-5-14(6-4-13)7-12-17(19)20-16-10-8-15(18)9-11-16/h3-12H,2H2,1H3,(H2,19,20)/b12-7+. The van der Waals surface area contributed by atoms with Crippen molar-refractivity contribution < 1.29 is 0 Å². The molecule has 102 valence electrons. The van der Waals surface area contributed by atoms with Crippen LogP contribution >= 0.6 is 11.6 Å². The zero-order chi connectivity index (χ0) is 14.4. The summed E-state index contributed by atoms with van der Waals surface area (Å²) in [6, 6.07) is 15.6. The first-order chi connectivity index (χ1) is 9.67. The van der Waals surface area contributed by atoms with Gasteiger partial charge in [-0.2, -0.15) is 0 Å². The van der Waals surface area contributed by atoms with Gasteiger partial charge in [-0.3, -0.25) is 0 Å². The van der Waals surface area contributed by atoms with E-state index in [1.165, 1.54) is 5.56 Å². The summed E-state index contributed by atoms with van der Waals surface area (Å²) in [4.78, 5) is 4.30. The van der Waals surface area contributed by atoms with Crippen molar-refractivity contribution >= 4 is 29.2 Å². The Morgan fingerprint density at radius 2 is 1.75 bits per heavy atom. The number of benzene rings is 2. The summed E-state index contributed by atoms with van der Waals surface area (Å²) in [5, 5.41) is 0.689. The van der Waals surface area contributed by atoms with E-state index >= 15 is 0 Å². The van der Waals surface area contributed by atoms with Crippen LogP contribution in [0.1, 0.15) is 18.1 Å². The van der Waals surface area contributed by atoms with E-state index < -0.39 is 0 Å². The molecule has 2 aromatic rings. The highest BCUT2D eigenvalue weighted by Crippen LogP contribution is 2.16. The lowest BCUT2D eigenvalue weighted by Gasteiger charge is -1.98. The molecule has 3 heteroatoms. The number of nitrogens with zero attached hydrogens (tertiary/aromatic N) is 1. The Balaban J connectivity index is 2.07.